The highest BCUT2D eigenvalue weighted by atomic mass is 32.2. The van der Waals surface area contributed by atoms with E-state index < -0.39 is 27.2 Å². The zero-order chi connectivity index (χ0) is 22.7. The molecule has 1 fully saturated rings. The van der Waals surface area contributed by atoms with Crippen molar-refractivity contribution in [2.75, 3.05) is 18.4 Å². The molecule has 1 atom stereocenters. The number of halogens is 2. The van der Waals surface area contributed by atoms with Gasteiger partial charge in [0.2, 0.25) is 0 Å². The van der Waals surface area contributed by atoms with E-state index in [9.17, 15) is 17.2 Å². The van der Waals surface area contributed by atoms with Gasteiger partial charge in [0.1, 0.15) is 16.5 Å². The quantitative estimate of drug-likeness (QED) is 0.572. The minimum atomic E-state index is -3.96. The fourth-order valence-corrected chi connectivity index (χ4v) is 5.40. The molecule has 1 aliphatic rings. The summed E-state index contributed by atoms with van der Waals surface area (Å²) in [5.74, 6) is -1.86. The maximum atomic E-state index is 14.8. The van der Waals surface area contributed by atoms with Crippen LogP contribution in [0.3, 0.4) is 0 Å². The lowest BCUT2D eigenvalue weighted by molar-refractivity contribution is 0.328. The fourth-order valence-electron chi connectivity index (χ4n) is 3.97. The Labute approximate surface area is 187 Å². The number of pyridine rings is 1. The molecule has 2 aromatic carbocycles. The van der Waals surface area contributed by atoms with E-state index >= 15 is 0 Å². The van der Waals surface area contributed by atoms with Gasteiger partial charge in [-0.05, 0) is 48.7 Å². The van der Waals surface area contributed by atoms with Crippen LogP contribution in [-0.2, 0) is 22.1 Å². The number of hydrogen-bond acceptors (Lipinski definition) is 5. The molecule has 32 heavy (non-hydrogen) atoms. The SMILES string of the molecule is Cc1cc(S(=O)(=O)Cc2ccc(F)cn2)c(F)cc1N[C@H]1CCN(Cc2ccccc2)C1. The molecule has 3 aromatic rings. The smallest absolute Gasteiger partial charge is 0.186 e. The summed E-state index contributed by atoms with van der Waals surface area (Å²) >= 11 is 0. The van der Waals surface area contributed by atoms with Crippen LogP contribution in [0.4, 0.5) is 14.5 Å². The topological polar surface area (TPSA) is 62.3 Å². The molecule has 0 unspecified atom stereocenters. The van der Waals surface area contributed by atoms with E-state index in [-0.39, 0.29) is 16.6 Å². The standard InChI is InChI=1S/C24H25F2N3O2S/c1-17-11-24(32(30,31)16-21-8-7-19(25)13-27-21)22(26)12-23(17)28-20-9-10-29(15-20)14-18-5-3-2-4-6-18/h2-8,11-13,20,28H,9-10,14-16H2,1H3/t20-/m0/s1. The summed E-state index contributed by atoms with van der Waals surface area (Å²) in [6.45, 7) is 4.38. The number of sulfone groups is 1. The van der Waals surface area contributed by atoms with Crippen molar-refractivity contribution in [3.8, 4) is 0 Å². The summed E-state index contributed by atoms with van der Waals surface area (Å²) < 4.78 is 53.3. The molecule has 0 aliphatic carbocycles. The number of nitrogens with one attached hydrogen (secondary N) is 1. The van der Waals surface area contributed by atoms with Gasteiger partial charge >= 0.3 is 0 Å². The Morgan fingerprint density at radius 2 is 1.91 bits per heavy atom. The highest BCUT2D eigenvalue weighted by Gasteiger charge is 2.25. The van der Waals surface area contributed by atoms with Gasteiger partial charge in [-0.2, -0.15) is 0 Å². The normalized spacial score (nSPS) is 16.9. The van der Waals surface area contributed by atoms with Crippen molar-refractivity contribution in [2.45, 2.75) is 36.6 Å². The third kappa shape index (κ3) is 5.31. The van der Waals surface area contributed by atoms with E-state index in [0.29, 0.717) is 11.3 Å². The largest absolute Gasteiger partial charge is 0.381 e. The third-order valence-electron chi connectivity index (χ3n) is 5.62. The molecule has 0 bridgehead atoms. The zero-order valence-electron chi connectivity index (χ0n) is 17.8. The molecule has 1 saturated heterocycles. The van der Waals surface area contributed by atoms with E-state index in [1.807, 2.05) is 18.2 Å². The van der Waals surface area contributed by atoms with Gasteiger partial charge in [0.25, 0.3) is 0 Å². The van der Waals surface area contributed by atoms with E-state index in [2.05, 4.69) is 27.3 Å². The van der Waals surface area contributed by atoms with Crippen LogP contribution in [0.5, 0.6) is 0 Å². The number of anilines is 1. The van der Waals surface area contributed by atoms with Gasteiger partial charge in [0.05, 0.1) is 17.6 Å². The summed E-state index contributed by atoms with van der Waals surface area (Å²) in [5, 5.41) is 3.37. The van der Waals surface area contributed by atoms with Crippen LogP contribution in [0.15, 0.2) is 65.7 Å². The number of hydrogen-bond donors (Lipinski definition) is 1. The first-order valence-corrected chi connectivity index (χ1v) is 12.1. The van der Waals surface area contributed by atoms with Crippen molar-refractivity contribution in [3.63, 3.8) is 0 Å². The van der Waals surface area contributed by atoms with Crippen molar-refractivity contribution in [2.24, 2.45) is 0 Å². The molecule has 0 amide bonds. The highest BCUT2D eigenvalue weighted by Crippen LogP contribution is 2.27. The summed E-state index contributed by atoms with van der Waals surface area (Å²) in [5.41, 5.74) is 2.65. The van der Waals surface area contributed by atoms with Crippen LogP contribution in [0.1, 0.15) is 23.2 Å². The van der Waals surface area contributed by atoms with Gasteiger partial charge in [0, 0.05) is 31.4 Å². The lowest BCUT2D eigenvalue weighted by atomic mass is 10.1. The molecular weight excluding hydrogens is 432 g/mol. The molecule has 0 saturated carbocycles. The van der Waals surface area contributed by atoms with Crippen molar-refractivity contribution in [1.82, 2.24) is 9.88 Å². The van der Waals surface area contributed by atoms with Crippen molar-refractivity contribution < 1.29 is 17.2 Å². The molecule has 0 radical (unpaired) electrons. The molecule has 168 valence electrons. The first kappa shape index (κ1) is 22.4. The van der Waals surface area contributed by atoms with Gasteiger partial charge in [-0.15, -0.1) is 0 Å². The van der Waals surface area contributed by atoms with Crippen LogP contribution >= 0.6 is 0 Å². The monoisotopic (exact) mass is 457 g/mol. The lowest BCUT2D eigenvalue weighted by Crippen LogP contribution is -2.26. The number of likely N-dealkylation sites (tertiary alicyclic amines) is 1. The summed E-state index contributed by atoms with van der Waals surface area (Å²) in [7, 11) is -3.96. The Hall–Kier alpha value is -2.84. The minimum absolute atomic E-state index is 0.155. The second-order valence-corrected chi connectivity index (χ2v) is 10.1. The van der Waals surface area contributed by atoms with Crippen molar-refractivity contribution in [1.29, 1.82) is 0 Å². The predicted octanol–water partition coefficient (Wildman–Crippen LogP) is 4.33. The van der Waals surface area contributed by atoms with E-state index in [1.54, 1.807) is 6.92 Å². The summed E-state index contributed by atoms with van der Waals surface area (Å²) in [6.07, 6.45) is 1.87. The third-order valence-corrected chi connectivity index (χ3v) is 7.28. The Bertz CT molecular complexity index is 1190. The molecule has 1 N–H and O–H groups in total. The van der Waals surface area contributed by atoms with E-state index in [1.165, 1.54) is 23.8 Å². The first-order chi connectivity index (χ1) is 15.3. The van der Waals surface area contributed by atoms with Crippen LogP contribution in [0.2, 0.25) is 0 Å². The molecule has 8 heteroatoms. The van der Waals surface area contributed by atoms with Gasteiger partial charge in [-0.1, -0.05) is 30.3 Å². The second-order valence-electron chi connectivity index (χ2n) is 8.18. The van der Waals surface area contributed by atoms with Crippen molar-refractivity contribution >= 4 is 15.5 Å². The maximum Gasteiger partial charge on any atom is 0.186 e. The molecule has 1 aromatic heterocycles. The van der Waals surface area contributed by atoms with E-state index in [4.69, 9.17) is 0 Å². The maximum absolute atomic E-state index is 14.8. The van der Waals surface area contributed by atoms with Crippen LogP contribution in [-0.4, -0.2) is 37.4 Å². The van der Waals surface area contributed by atoms with Crippen LogP contribution < -0.4 is 5.32 Å². The number of aryl methyl sites for hydroxylation is 1. The molecule has 0 spiro atoms. The fraction of sp³-hybridized carbons (Fsp3) is 0.292. The Balaban J connectivity index is 1.44. The molecular formula is C24H25F2N3O2S. The zero-order valence-corrected chi connectivity index (χ0v) is 18.6. The summed E-state index contributed by atoms with van der Waals surface area (Å²) in [4.78, 5) is 5.74. The van der Waals surface area contributed by atoms with E-state index in [0.717, 1.165) is 38.3 Å². The highest BCUT2D eigenvalue weighted by molar-refractivity contribution is 7.90. The Kier molecular flexibility index (Phi) is 6.53. The Morgan fingerprint density at radius 3 is 2.62 bits per heavy atom. The minimum Gasteiger partial charge on any atom is -0.381 e. The predicted molar refractivity (Wildman–Crippen MR) is 120 cm³/mol. The van der Waals surface area contributed by atoms with Gasteiger partial charge in [0.15, 0.2) is 9.84 Å². The molecule has 5 nitrogen and oxygen atoms in total. The van der Waals surface area contributed by atoms with Gasteiger partial charge in [-0.3, -0.25) is 9.88 Å². The molecule has 4 rings (SSSR count). The van der Waals surface area contributed by atoms with Crippen LogP contribution in [0.25, 0.3) is 0 Å². The second kappa shape index (κ2) is 9.34. The average Bonchev–Trinajstić information content (AvgIpc) is 3.19. The number of benzene rings is 2. The number of rotatable bonds is 7. The summed E-state index contributed by atoms with van der Waals surface area (Å²) in [6, 6.07) is 15.4. The van der Waals surface area contributed by atoms with Gasteiger partial charge < -0.3 is 5.32 Å². The number of nitrogens with zero attached hydrogens (tertiary/aromatic N) is 2. The molecule has 2 heterocycles. The Morgan fingerprint density at radius 1 is 1.12 bits per heavy atom. The van der Waals surface area contributed by atoms with Crippen LogP contribution in [0, 0.1) is 18.6 Å². The van der Waals surface area contributed by atoms with Gasteiger partial charge in [-0.25, -0.2) is 17.2 Å². The number of aromatic nitrogens is 1. The first-order valence-electron chi connectivity index (χ1n) is 10.5. The molecule has 1 aliphatic heterocycles. The average molecular weight is 458 g/mol. The lowest BCUT2D eigenvalue weighted by Gasteiger charge is -2.19. The van der Waals surface area contributed by atoms with Crippen molar-refractivity contribution in [3.05, 3.63) is 89.2 Å².